The number of aromatic hydroxyl groups is 1. The van der Waals surface area contributed by atoms with Gasteiger partial charge in [-0.1, -0.05) is 30.2 Å². The fraction of sp³-hybridized carbons (Fsp3) is 0.417. The van der Waals surface area contributed by atoms with Crippen molar-refractivity contribution in [2.75, 3.05) is 19.7 Å². The van der Waals surface area contributed by atoms with Gasteiger partial charge in [0.05, 0.1) is 5.39 Å². The molecule has 0 spiro atoms. The van der Waals surface area contributed by atoms with Gasteiger partial charge in [-0.3, -0.25) is 4.79 Å². The third-order valence-corrected chi connectivity index (χ3v) is 8.19. The van der Waals surface area contributed by atoms with Gasteiger partial charge in [0.25, 0.3) is 5.56 Å². The highest BCUT2D eigenvalue weighted by Gasteiger charge is 2.36. The van der Waals surface area contributed by atoms with E-state index in [4.69, 9.17) is 16.3 Å². The summed E-state index contributed by atoms with van der Waals surface area (Å²) in [6.07, 6.45) is 5.27. The van der Waals surface area contributed by atoms with Crippen LogP contribution in [0.5, 0.6) is 11.5 Å². The Labute approximate surface area is 199 Å². The third kappa shape index (κ3) is 4.11. The van der Waals surface area contributed by atoms with Crippen LogP contribution in [0.25, 0.3) is 21.3 Å². The fourth-order valence-electron chi connectivity index (χ4n) is 4.61. The lowest BCUT2D eigenvalue weighted by atomic mass is 9.86. The van der Waals surface area contributed by atoms with Crippen LogP contribution in [0, 0.1) is 11.3 Å². The van der Waals surface area contributed by atoms with Gasteiger partial charge in [0.2, 0.25) is 0 Å². The molecule has 3 aromatic rings. The smallest absolute Gasteiger partial charge is 0.270 e. The first kappa shape index (κ1) is 22.2. The molecular formula is C24H24ClN3O4S. The summed E-state index contributed by atoms with van der Waals surface area (Å²) in [5.41, 5.74) is -0.535. The van der Waals surface area contributed by atoms with E-state index in [1.165, 1.54) is 19.3 Å². The first-order valence-electron chi connectivity index (χ1n) is 11.1. The van der Waals surface area contributed by atoms with Crippen LogP contribution < -0.4 is 10.3 Å². The minimum atomic E-state index is -0.822. The van der Waals surface area contributed by atoms with Crippen LogP contribution in [0.15, 0.2) is 29.1 Å². The second kappa shape index (κ2) is 8.65. The van der Waals surface area contributed by atoms with Gasteiger partial charge >= 0.3 is 0 Å². The molecule has 1 aliphatic carbocycles. The van der Waals surface area contributed by atoms with E-state index in [-0.39, 0.29) is 17.9 Å². The number of thiophene rings is 1. The van der Waals surface area contributed by atoms with E-state index in [1.807, 2.05) is 12.1 Å². The number of ether oxygens (including phenoxy) is 1. The molecule has 0 radical (unpaired) electrons. The van der Waals surface area contributed by atoms with Gasteiger partial charge in [0.1, 0.15) is 38.9 Å². The Kier molecular flexibility index (Phi) is 5.83. The standard InChI is InChI=1S/C24H24ClN3O4S/c25-21-18(19-20(29)17(12-26)22(30)27-23(19)33-21)14-4-6-16(7-5-14)32-13-24(31)8-10-28(11-9-24)15-2-1-3-15/h4-7,15,31H,1-3,8-11,13H2,(H2,27,29,30). The number of benzene rings is 1. The Morgan fingerprint density at radius 1 is 1.27 bits per heavy atom. The largest absolute Gasteiger partial charge is 0.506 e. The Balaban J connectivity index is 1.31. The number of nitrogens with one attached hydrogen (secondary N) is 1. The van der Waals surface area contributed by atoms with E-state index < -0.39 is 11.2 Å². The average molecular weight is 486 g/mol. The number of aliphatic hydroxyl groups is 1. The average Bonchev–Trinajstić information content (AvgIpc) is 3.09. The molecule has 3 heterocycles. The number of aromatic nitrogens is 1. The van der Waals surface area contributed by atoms with Crippen molar-refractivity contribution >= 4 is 33.2 Å². The summed E-state index contributed by atoms with van der Waals surface area (Å²) in [6, 6.07) is 9.63. The fourth-order valence-corrected chi connectivity index (χ4v) is 5.99. The SMILES string of the molecule is N#Cc1c(O)c2c(-c3ccc(OCC4(O)CCN(C5CCC5)CC4)cc3)c(Cl)sc2[nH]c1=O. The van der Waals surface area contributed by atoms with Crippen LogP contribution >= 0.6 is 22.9 Å². The molecule has 3 N–H and O–H groups in total. The molecule has 5 rings (SSSR count). The van der Waals surface area contributed by atoms with E-state index in [9.17, 15) is 20.3 Å². The number of fused-ring (bicyclic) bond motifs is 1. The highest BCUT2D eigenvalue weighted by molar-refractivity contribution is 7.23. The molecule has 0 unspecified atom stereocenters. The summed E-state index contributed by atoms with van der Waals surface area (Å²) >= 11 is 7.56. The number of hydrogen-bond acceptors (Lipinski definition) is 7. The normalized spacial score (nSPS) is 18.7. The van der Waals surface area contributed by atoms with Crippen molar-refractivity contribution in [1.82, 2.24) is 9.88 Å². The third-order valence-electron chi connectivity index (χ3n) is 6.88. The Morgan fingerprint density at radius 2 is 1.97 bits per heavy atom. The summed E-state index contributed by atoms with van der Waals surface area (Å²) in [7, 11) is 0. The summed E-state index contributed by atoms with van der Waals surface area (Å²) in [5, 5.41) is 31.0. The number of hydrogen-bond donors (Lipinski definition) is 3. The molecule has 2 aliphatic rings. The quantitative estimate of drug-likeness (QED) is 0.498. The highest BCUT2D eigenvalue weighted by Crippen LogP contribution is 2.45. The summed E-state index contributed by atoms with van der Waals surface area (Å²) in [5.74, 6) is 0.254. The number of nitrogens with zero attached hydrogens (tertiary/aromatic N) is 2. The number of H-pyrrole nitrogens is 1. The highest BCUT2D eigenvalue weighted by atomic mass is 35.5. The van der Waals surface area contributed by atoms with Crippen LogP contribution in [0.1, 0.15) is 37.7 Å². The van der Waals surface area contributed by atoms with Gasteiger partial charge in [-0.25, -0.2) is 0 Å². The molecule has 2 aromatic heterocycles. The van der Waals surface area contributed by atoms with Gasteiger partial charge in [0.15, 0.2) is 5.56 Å². The van der Waals surface area contributed by atoms with Crippen LogP contribution in [0.3, 0.4) is 0 Å². The molecule has 0 amide bonds. The number of aromatic amines is 1. The van der Waals surface area contributed by atoms with Gasteiger partial charge in [-0.2, -0.15) is 5.26 Å². The van der Waals surface area contributed by atoms with Crippen molar-refractivity contribution in [1.29, 1.82) is 5.26 Å². The zero-order valence-corrected chi connectivity index (χ0v) is 19.5. The molecule has 33 heavy (non-hydrogen) atoms. The lowest BCUT2D eigenvalue weighted by molar-refractivity contribution is -0.0653. The van der Waals surface area contributed by atoms with E-state index in [0.29, 0.717) is 44.7 Å². The van der Waals surface area contributed by atoms with Crippen LogP contribution in [0.4, 0.5) is 0 Å². The first-order valence-corrected chi connectivity index (χ1v) is 12.2. The maximum Gasteiger partial charge on any atom is 0.270 e. The molecule has 1 aromatic carbocycles. The zero-order valence-electron chi connectivity index (χ0n) is 17.9. The number of pyridine rings is 1. The lowest BCUT2D eigenvalue weighted by Crippen LogP contribution is -2.52. The van der Waals surface area contributed by atoms with Crippen molar-refractivity contribution < 1.29 is 14.9 Å². The number of nitriles is 1. The predicted molar refractivity (Wildman–Crippen MR) is 128 cm³/mol. The zero-order chi connectivity index (χ0) is 23.2. The Morgan fingerprint density at radius 3 is 2.58 bits per heavy atom. The molecule has 0 atom stereocenters. The molecule has 172 valence electrons. The van der Waals surface area contributed by atoms with E-state index in [0.717, 1.165) is 30.0 Å². The van der Waals surface area contributed by atoms with Crippen LogP contribution in [-0.2, 0) is 0 Å². The molecule has 1 aliphatic heterocycles. The summed E-state index contributed by atoms with van der Waals surface area (Å²) in [6.45, 7) is 2.05. The number of rotatable bonds is 5. The number of piperidine rings is 1. The van der Waals surface area contributed by atoms with Crippen LogP contribution in [0.2, 0.25) is 4.34 Å². The van der Waals surface area contributed by atoms with Crippen molar-refractivity contribution in [3.05, 3.63) is 44.5 Å². The second-order valence-electron chi connectivity index (χ2n) is 8.90. The first-order chi connectivity index (χ1) is 15.9. The molecule has 2 fully saturated rings. The van der Waals surface area contributed by atoms with E-state index in [2.05, 4.69) is 9.88 Å². The van der Waals surface area contributed by atoms with Gasteiger partial charge in [-0.15, -0.1) is 11.3 Å². The Bertz CT molecular complexity index is 1280. The Hall–Kier alpha value is -2.57. The topological polar surface area (TPSA) is 110 Å². The summed E-state index contributed by atoms with van der Waals surface area (Å²) in [4.78, 5) is 17.5. The van der Waals surface area contributed by atoms with E-state index in [1.54, 1.807) is 18.2 Å². The molecule has 9 heteroatoms. The maximum absolute atomic E-state index is 12.0. The van der Waals surface area contributed by atoms with Gasteiger partial charge in [-0.05, 0) is 43.4 Å². The van der Waals surface area contributed by atoms with Crippen molar-refractivity contribution in [2.45, 2.75) is 43.7 Å². The van der Waals surface area contributed by atoms with Gasteiger partial charge < -0.3 is 24.8 Å². The predicted octanol–water partition coefficient (Wildman–Crippen LogP) is 4.25. The summed E-state index contributed by atoms with van der Waals surface area (Å²) < 4.78 is 6.31. The monoisotopic (exact) mass is 485 g/mol. The molecule has 1 saturated carbocycles. The van der Waals surface area contributed by atoms with E-state index >= 15 is 0 Å². The van der Waals surface area contributed by atoms with Crippen molar-refractivity contribution in [2.24, 2.45) is 0 Å². The number of halogens is 1. The minimum absolute atomic E-state index is 0.237. The van der Waals surface area contributed by atoms with Crippen molar-refractivity contribution in [3.8, 4) is 28.7 Å². The van der Waals surface area contributed by atoms with Crippen molar-refractivity contribution in [3.63, 3.8) is 0 Å². The molecule has 1 saturated heterocycles. The van der Waals surface area contributed by atoms with Gasteiger partial charge in [0, 0.05) is 24.7 Å². The lowest BCUT2D eigenvalue weighted by Gasteiger charge is -2.44. The number of likely N-dealkylation sites (tertiary alicyclic amines) is 1. The maximum atomic E-state index is 12.0. The minimum Gasteiger partial charge on any atom is -0.506 e. The second-order valence-corrected chi connectivity index (χ2v) is 10.5. The molecule has 0 bridgehead atoms. The molecular weight excluding hydrogens is 462 g/mol. The van der Waals surface area contributed by atoms with Crippen LogP contribution in [-0.4, -0.2) is 51.4 Å². The molecule has 7 nitrogen and oxygen atoms in total.